The van der Waals surface area contributed by atoms with Crippen LogP contribution in [0, 0.1) is 17.0 Å². The highest BCUT2D eigenvalue weighted by Gasteiger charge is 2.40. The third-order valence-corrected chi connectivity index (χ3v) is 4.77. The van der Waals surface area contributed by atoms with E-state index in [0.29, 0.717) is 12.8 Å². The van der Waals surface area contributed by atoms with Gasteiger partial charge in [0.2, 0.25) is 5.89 Å². The van der Waals surface area contributed by atoms with Gasteiger partial charge in [-0.1, -0.05) is 25.3 Å². The fraction of sp³-hybridized carbons (Fsp3) is 0.389. The number of hydrogen-bond donors (Lipinski definition) is 2. The number of rotatable bonds is 5. The minimum absolute atomic E-state index is 0.0303. The van der Waals surface area contributed by atoms with Gasteiger partial charge < -0.3 is 14.8 Å². The van der Waals surface area contributed by atoms with E-state index < -0.39 is 34.5 Å². The summed E-state index contributed by atoms with van der Waals surface area (Å²) in [6.45, 7) is -0.0303. The molecular formula is C18H18F2N2O4. The van der Waals surface area contributed by atoms with Crippen LogP contribution in [-0.2, 0) is 4.79 Å². The summed E-state index contributed by atoms with van der Waals surface area (Å²) in [4.78, 5) is 27.7. The monoisotopic (exact) mass is 364 g/mol. The van der Waals surface area contributed by atoms with Crippen molar-refractivity contribution in [2.75, 3.05) is 6.54 Å². The number of amides is 1. The lowest BCUT2D eigenvalue weighted by molar-refractivity contribution is -0.150. The maximum absolute atomic E-state index is 13.8. The number of carboxylic acid groups (broad SMARTS) is 1. The van der Waals surface area contributed by atoms with Crippen molar-refractivity contribution in [1.29, 1.82) is 0 Å². The van der Waals surface area contributed by atoms with Crippen LogP contribution < -0.4 is 5.32 Å². The lowest BCUT2D eigenvalue weighted by Gasteiger charge is -2.33. The number of carbonyl (C=O) groups is 2. The standard InChI is InChI=1S/C18H18F2N2O4/c19-11-5-4-6-12(20)14(11)16-22-13(9-26-16)15(23)21-10-18(17(24)25)7-2-1-3-8-18/h4-6,9H,1-3,7-8,10H2,(H,21,23)(H,24,25). The molecule has 0 atom stereocenters. The van der Waals surface area contributed by atoms with Gasteiger partial charge in [-0.2, -0.15) is 0 Å². The maximum Gasteiger partial charge on any atom is 0.311 e. The molecule has 1 aliphatic carbocycles. The molecule has 1 amide bonds. The van der Waals surface area contributed by atoms with Crippen LogP contribution in [0.1, 0.15) is 42.6 Å². The molecule has 2 aromatic rings. The second-order valence-electron chi connectivity index (χ2n) is 6.46. The molecular weight excluding hydrogens is 346 g/mol. The molecule has 1 fully saturated rings. The third kappa shape index (κ3) is 3.44. The van der Waals surface area contributed by atoms with Gasteiger partial charge in [-0.3, -0.25) is 9.59 Å². The van der Waals surface area contributed by atoms with Gasteiger partial charge in [0.25, 0.3) is 5.91 Å². The highest BCUT2D eigenvalue weighted by Crippen LogP contribution is 2.36. The normalized spacial score (nSPS) is 16.2. The van der Waals surface area contributed by atoms with E-state index in [4.69, 9.17) is 4.42 Å². The van der Waals surface area contributed by atoms with Crippen molar-refractivity contribution in [2.45, 2.75) is 32.1 Å². The van der Waals surface area contributed by atoms with Crippen LogP contribution in [-0.4, -0.2) is 28.5 Å². The number of oxazole rings is 1. The number of aliphatic carboxylic acids is 1. The SMILES string of the molecule is O=C(NCC1(C(=O)O)CCCCC1)c1coc(-c2c(F)cccc2F)n1. The molecule has 3 rings (SSSR count). The number of aromatic nitrogens is 1. The Balaban J connectivity index is 1.73. The van der Waals surface area contributed by atoms with Crippen molar-refractivity contribution >= 4 is 11.9 Å². The third-order valence-electron chi connectivity index (χ3n) is 4.77. The molecule has 0 spiro atoms. The fourth-order valence-electron chi connectivity index (χ4n) is 3.23. The molecule has 1 heterocycles. The minimum Gasteiger partial charge on any atom is -0.481 e. The topological polar surface area (TPSA) is 92.4 Å². The molecule has 0 saturated heterocycles. The van der Waals surface area contributed by atoms with Crippen LogP contribution in [0.15, 0.2) is 28.9 Å². The Labute approximate surface area is 148 Å². The average Bonchev–Trinajstić information content (AvgIpc) is 3.10. The number of nitrogens with zero attached hydrogens (tertiary/aromatic N) is 1. The molecule has 26 heavy (non-hydrogen) atoms. The largest absolute Gasteiger partial charge is 0.481 e. The zero-order valence-electron chi connectivity index (χ0n) is 13.9. The number of hydrogen-bond acceptors (Lipinski definition) is 4. The van der Waals surface area contributed by atoms with E-state index in [9.17, 15) is 23.5 Å². The van der Waals surface area contributed by atoms with E-state index in [1.807, 2.05) is 0 Å². The van der Waals surface area contributed by atoms with Gasteiger partial charge in [0, 0.05) is 6.54 Å². The Kier molecular flexibility index (Phi) is 5.01. The summed E-state index contributed by atoms with van der Waals surface area (Å²) >= 11 is 0. The molecule has 0 aliphatic heterocycles. The molecule has 0 radical (unpaired) electrons. The van der Waals surface area contributed by atoms with Crippen LogP contribution in [0.3, 0.4) is 0 Å². The molecule has 0 bridgehead atoms. The molecule has 8 heteroatoms. The number of carboxylic acids is 1. The highest BCUT2D eigenvalue weighted by atomic mass is 19.1. The Hall–Kier alpha value is -2.77. The lowest BCUT2D eigenvalue weighted by atomic mass is 9.74. The maximum atomic E-state index is 13.8. The molecule has 6 nitrogen and oxygen atoms in total. The number of nitrogens with one attached hydrogen (secondary N) is 1. The van der Waals surface area contributed by atoms with Gasteiger partial charge in [0.1, 0.15) is 23.5 Å². The summed E-state index contributed by atoms with van der Waals surface area (Å²) in [5.41, 5.74) is -1.61. The first-order chi connectivity index (χ1) is 12.4. The Morgan fingerprint density at radius 3 is 2.46 bits per heavy atom. The second kappa shape index (κ2) is 7.23. The molecule has 1 saturated carbocycles. The number of carbonyl (C=O) groups excluding carboxylic acids is 1. The van der Waals surface area contributed by atoms with Crippen molar-refractivity contribution in [3.05, 3.63) is 41.8 Å². The second-order valence-corrected chi connectivity index (χ2v) is 6.46. The highest BCUT2D eigenvalue weighted by molar-refractivity contribution is 5.92. The molecule has 1 aliphatic rings. The van der Waals surface area contributed by atoms with E-state index in [-0.39, 0.29) is 18.1 Å². The zero-order valence-corrected chi connectivity index (χ0v) is 13.9. The Morgan fingerprint density at radius 1 is 1.19 bits per heavy atom. The van der Waals surface area contributed by atoms with Crippen molar-refractivity contribution < 1.29 is 27.9 Å². The summed E-state index contributed by atoms with van der Waals surface area (Å²) in [6, 6.07) is 3.32. The predicted molar refractivity (Wildman–Crippen MR) is 87.3 cm³/mol. The summed E-state index contributed by atoms with van der Waals surface area (Å²) in [7, 11) is 0. The van der Waals surface area contributed by atoms with E-state index in [2.05, 4.69) is 10.3 Å². The van der Waals surface area contributed by atoms with Gasteiger partial charge in [-0.25, -0.2) is 13.8 Å². The summed E-state index contributed by atoms with van der Waals surface area (Å²) in [6.07, 6.45) is 4.54. The van der Waals surface area contributed by atoms with Gasteiger partial charge in [-0.15, -0.1) is 0 Å². The smallest absolute Gasteiger partial charge is 0.311 e. The Morgan fingerprint density at radius 2 is 1.85 bits per heavy atom. The van der Waals surface area contributed by atoms with Gasteiger partial charge in [0.05, 0.1) is 5.41 Å². The minimum atomic E-state index is -0.988. The van der Waals surface area contributed by atoms with Crippen molar-refractivity contribution in [3.8, 4) is 11.5 Å². The van der Waals surface area contributed by atoms with E-state index in [1.165, 1.54) is 6.07 Å². The first-order valence-corrected chi connectivity index (χ1v) is 8.34. The van der Waals surface area contributed by atoms with E-state index in [0.717, 1.165) is 37.7 Å². The zero-order chi connectivity index (χ0) is 18.7. The summed E-state index contributed by atoms with van der Waals surface area (Å²) in [5.74, 6) is -3.65. The number of benzene rings is 1. The molecule has 0 unspecified atom stereocenters. The molecule has 1 aromatic carbocycles. The van der Waals surface area contributed by atoms with Crippen LogP contribution in [0.4, 0.5) is 8.78 Å². The molecule has 1 aromatic heterocycles. The van der Waals surface area contributed by atoms with E-state index >= 15 is 0 Å². The van der Waals surface area contributed by atoms with Gasteiger partial charge >= 0.3 is 5.97 Å². The van der Waals surface area contributed by atoms with Crippen molar-refractivity contribution in [3.63, 3.8) is 0 Å². The van der Waals surface area contributed by atoms with Crippen LogP contribution in [0.25, 0.3) is 11.5 Å². The molecule has 138 valence electrons. The quantitative estimate of drug-likeness (QED) is 0.848. The first-order valence-electron chi connectivity index (χ1n) is 8.34. The van der Waals surface area contributed by atoms with Crippen LogP contribution in [0.2, 0.25) is 0 Å². The van der Waals surface area contributed by atoms with Crippen LogP contribution in [0.5, 0.6) is 0 Å². The Bertz CT molecular complexity index is 808. The summed E-state index contributed by atoms with van der Waals surface area (Å²) in [5, 5.41) is 12.1. The predicted octanol–water partition coefficient (Wildman–Crippen LogP) is 3.38. The fourth-order valence-corrected chi connectivity index (χ4v) is 3.23. The molecule has 2 N–H and O–H groups in total. The first kappa shape index (κ1) is 18.0. The van der Waals surface area contributed by atoms with Gasteiger partial charge in [0.15, 0.2) is 5.69 Å². The van der Waals surface area contributed by atoms with Crippen LogP contribution >= 0.6 is 0 Å². The number of halogens is 2. The van der Waals surface area contributed by atoms with Gasteiger partial charge in [-0.05, 0) is 25.0 Å². The van der Waals surface area contributed by atoms with Crippen molar-refractivity contribution in [2.24, 2.45) is 5.41 Å². The lowest BCUT2D eigenvalue weighted by Crippen LogP contribution is -2.44. The van der Waals surface area contributed by atoms with E-state index in [1.54, 1.807) is 0 Å². The average molecular weight is 364 g/mol. The van der Waals surface area contributed by atoms with Crippen molar-refractivity contribution in [1.82, 2.24) is 10.3 Å². The summed E-state index contributed by atoms with van der Waals surface area (Å²) < 4.78 is 32.6.